The van der Waals surface area contributed by atoms with E-state index in [1.54, 1.807) is 4.90 Å². The van der Waals surface area contributed by atoms with Crippen LogP contribution < -0.4 is 5.32 Å². The summed E-state index contributed by atoms with van der Waals surface area (Å²) < 4.78 is 0. The van der Waals surface area contributed by atoms with E-state index >= 15 is 0 Å². The number of rotatable bonds is 5. The second kappa shape index (κ2) is 7.20. The standard InChI is InChI=1S/C12H22N2O4/c1-2-9-3-6-14(7-4-9)12(18)13-10(5-8-15)11(16)17/h9-10,15H,2-8H2,1H3,(H,13,18)(H,16,17). The van der Waals surface area contributed by atoms with Crippen LogP contribution in [0.2, 0.25) is 0 Å². The SMILES string of the molecule is CCC1CCN(C(=O)NC(CCO)C(=O)O)CC1. The maximum absolute atomic E-state index is 11.9. The van der Waals surface area contributed by atoms with Gasteiger partial charge in [0.2, 0.25) is 0 Å². The predicted molar refractivity (Wildman–Crippen MR) is 66.2 cm³/mol. The van der Waals surface area contributed by atoms with E-state index in [0.29, 0.717) is 19.0 Å². The van der Waals surface area contributed by atoms with Gasteiger partial charge in [0.15, 0.2) is 0 Å². The van der Waals surface area contributed by atoms with Crippen molar-refractivity contribution in [1.82, 2.24) is 10.2 Å². The molecule has 18 heavy (non-hydrogen) atoms. The predicted octanol–water partition coefficient (Wildman–Crippen LogP) is 0.654. The molecule has 6 heteroatoms. The van der Waals surface area contributed by atoms with Crippen molar-refractivity contribution in [1.29, 1.82) is 0 Å². The van der Waals surface area contributed by atoms with E-state index in [2.05, 4.69) is 12.2 Å². The van der Waals surface area contributed by atoms with Crippen LogP contribution in [0.25, 0.3) is 0 Å². The first kappa shape index (κ1) is 14.8. The van der Waals surface area contributed by atoms with Gasteiger partial charge in [-0.2, -0.15) is 0 Å². The summed E-state index contributed by atoms with van der Waals surface area (Å²) in [4.78, 5) is 24.4. The quantitative estimate of drug-likeness (QED) is 0.675. The Bertz CT molecular complexity index is 288. The number of hydrogen-bond donors (Lipinski definition) is 3. The fourth-order valence-corrected chi connectivity index (χ4v) is 2.17. The molecule has 0 bridgehead atoms. The van der Waals surface area contributed by atoms with Crippen LogP contribution in [-0.2, 0) is 4.79 Å². The fraction of sp³-hybridized carbons (Fsp3) is 0.833. The van der Waals surface area contributed by atoms with Gasteiger partial charge in [0.05, 0.1) is 0 Å². The summed E-state index contributed by atoms with van der Waals surface area (Å²) in [5, 5.41) is 20.1. The van der Waals surface area contributed by atoms with Gasteiger partial charge in [-0.1, -0.05) is 13.3 Å². The number of carboxylic acid groups (broad SMARTS) is 1. The van der Waals surface area contributed by atoms with Crippen LogP contribution in [0.3, 0.4) is 0 Å². The first-order valence-corrected chi connectivity index (χ1v) is 6.47. The van der Waals surface area contributed by atoms with Gasteiger partial charge in [0.25, 0.3) is 0 Å². The molecular weight excluding hydrogens is 236 g/mol. The monoisotopic (exact) mass is 258 g/mol. The number of aliphatic hydroxyl groups is 1. The number of piperidine rings is 1. The number of carbonyl (C=O) groups excluding carboxylic acids is 1. The highest BCUT2D eigenvalue weighted by Gasteiger charge is 2.25. The van der Waals surface area contributed by atoms with Crippen molar-refractivity contribution in [2.75, 3.05) is 19.7 Å². The summed E-state index contributed by atoms with van der Waals surface area (Å²) >= 11 is 0. The van der Waals surface area contributed by atoms with Crippen LogP contribution in [0.4, 0.5) is 4.79 Å². The average molecular weight is 258 g/mol. The highest BCUT2D eigenvalue weighted by Crippen LogP contribution is 2.19. The second-order valence-corrected chi connectivity index (χ2v) is 4.69. The van der Waals surface area contributed by atoms with E-state index in [9.17, 15) is 9.59 Å². The Labute approximate surface area is 107 Å². The molecule has 104 valence electrons. The molecule has 0 aromatic rings. The maximum Gasteiger partial charge on any atom is 0.326 e. The van der Waals surface area contributed by atoms with Gasteiger partial charge in [-0.3, -0.25) is 0 Å². The zero-order valence-electron chi connectivity index (χ0n) is 10.8. The molecule has 6 nitrogen and oxygen atoms in total. The minimum absolute atomic E-state index is 0.0342. The van der Waals surface area contributed by atoms with Gasteiger partial charge >= 0.3 is 12.0 Å². The van der Waals surface area contributed by atoms with E-state index < -0.39 is 12.0 Å². The zero-order chi connectivity index (χ0) is 13.5. The van der Waals surface area contributed by atoms with Gasteiger partial charge in [0.1, 0.15) is 6.04 Å². The highest BCUT2D eigenvalue weighted by atomic mass is 16.4. The van der Waals surface area contributed by atoms with Crippen molar-refractivity contribution in [3.63, 3.8) is 0 Å². The molecule has 1 atom stereocenters. The molecule has 0 aliphatic carbocycles. The molecule has 0 radical (unpaired) electrons. The van der Waals surface area contributed by atoms with Crippen molar-refractivity contribution in [3.05, 3.63) is 0 Å². The first-order chi connectivity index (χ1) is 8.58. The highest BCUT2D eigenvalue weighted by molar-refractivity contribution is 5.82. The number of aliphatic carboxylic acids is 1. The molecule has 0 aromatic carbocycles. The minimum atomic E-state index is -1.11. The summed E-state index contributed by atoms with van der Waals surface area (Å²) in [6.07, 6.45) is 3.10. The largest absolute Gasteiger partial charge is 0.480 e. The molecular formula is C12H22N2O4. The third-order valence-corrected chi connectivity index (χ3v) is 3.49. The molecule has 1 saturated heterocycles. The van der Waals surface area contributed by atoms with Crippen molar-refractivity contribution in [3.8, 4) is 0 Å². The van der Waals surface area contributed by atoms with E-state index in [-0.39, 0.29) is 19.1 Å². The Kier molecular flexibility index (Phi) is 5.91. The third kappa shape index (κ3) is 4.18. The Hall–Kier alpha value is -1.30. The van der Waals surface area contributed by atoms with E-state index in [0.717, 1.165) is 19.3 Å². The minimum Gasteiger partial charge on any atom is -0.480 e. The van der Waals surface area contributed by atoms with Gasteiger partial charge < -0.3 is 20.4 Å². The number of aliphatic hydroxyl groups excluding tert-OH is 1. The Morgan fingerprint density at radius 2 is 2.00 bits per heavy atom. The number of carbonyl (C=O) groups is 2. The molecule has 0 aromatic heterocycles. The lowest BCUT2D eigenvalue weighted by Crippen LogP contribution is -2.50. The number of likely N-dealkylation sites (tertiary alicyclic amines) is 1. The van der Waals surface area contributed by atoms with E-state index in [1.165, 1.54) is 0 Å². The first-order valence-electron chi connectivity index (χ1n) is 6.47. The van der Waals surface area contributed by atoms with Crippen LogP contribution in [0.15, 0.2) is 0 Å². The molecule has 3 N–H and O–H groups in total. The topological polar surface area (TPSA) is 89.9 Å². The smallest absolute Gasteiger partial charge is 0.326 e. The summed E-state index contributed by atoms with van der Waals surface area (Å²) in [5.74, 6) is -0.442. The van der Waals surface area contributed by atoms with E-state index in [4.69, 9.17) is 10.2 Å². The Morgan fingerprint density at radius 3 is 2.44 bits per heavy atom. The van der Waals surface area contributed by atoms with Crippen molar-refractivity contribution >= 4 is 12.0 Å². The molecule has 1 heterocycles. The number of nitrogens with zero attached hydrogens (tertiary/aromatic N) is 1. The summed E-state index contributed by atoms with van der Waals surface area (Å²) in [5.41, 5.74) is 0. The third-order valence-electron chi connectivity index (χ3n) is 3.49. The lowest BCUT2D eigenvalue weighted by atomic mass is 9.95. The van der Waals surface area contributed by atoms with Crippen molar-refractivity contribution in [2.45, 2.75) is 38.6 Å². The summed E-state index contributed by atoms with van der Waals surface area (Å²) in [7, 11) is 0. The molecule has 1 aliphatic rings. The fourth-order valence-electron chi connectivity index (χ4n) is 2.17. The van der Waals surface area contributed by atoms with Crippen molar-refractivity contribution in [2.24, 2.45) is 5.92 Å². The number of hydrogen-bond acceptors (Lipinski definition) is 3. The number of nitrogens with one attached hydrogen (secondary N) is 1. The van der Waals surface area contributed by atoms with Gasteiger partial charge in [0, 0.05) is 26.1 Å². The number of amides is 2. The summed E-state index contributed by atoms with van der Waals surface area (Å²) in [6, 6.07) is -1.35. The molecule has 2 amide bonds. The molecule has 1 aliphatic heterocycles. The van der Waals surface area contributed by atoms with Crippen LogP contribution in [-0.4, -0.2) is 52.9 Å². The van der Waals surface area contributed by atoms with Gasteiger partial charge in [-0.15, -0.1) is 0 Å². The Morgan fingerprint density at radius 1 is 1.39 bits per heavy atom. The average Bonchev–Trinajstić information content (AvgIpc) is 2.38. The van der Waals surface area contributed by atoms with Gasteiger partial charge in [-0.05, 0) is 18.8 Å². The summed E-state index contributed by atoms with van der Waals surface area (Å²) in [6.45, 7) is 3.24. The molecule has 1 rings (SSSR count). The van der Waals surface area contributed by atoms with Crippen LogP contribution in [0.5, 0.6) is 0 Å². The maximum atomic E-state index is 11.9. The number of carboxylic acids is 1. The van der Waals surface area contributed by atoms with Gasteiger partial charge in [-0.25, -0.2) is 9.59 Å². The lowest BCUT2D eigenvalue weighted by molar-refractivity contribution is -0.139. The molecule has 1 fully saturated rings. The van der Waals surface area contributed by atoms with Crippen LogP contribution in [0.1, 0.15) is 32.6 Å². The molecule has 1 unspecified atom stereocenters. The van der Waals surface area contributed by atoms with Crippen molar-refractivity contribution < 1.29 is 19.8 Å². The lowest BCUT2D eigenvalue weighted by Gasteiger charge is -2.32. The van der Waals surface area contributed by atoms with Crippen LogP contribution in [0, 0.1) is 5.92 Å². The molecule has 0 spiro atoms. The Balaban J connectivity index is 2.42. The second-order valence-electron chi connectivity index (χ2n) is 4.69. The van der Waals surface area contributed by atoms with E-state index in [1.807, 2.05) is 0 Å². The normalized spacial score (nSPS) is 18.4. The number of urea groups is 1. The van der Waals surface area contributed by atoms with Crippen LogP contribution >= 0.6 is 0 Å². The zero-order valence-corrected chi connectivity index (χ0v) is 10.8. The molecule has 0 saturated carbocycles.